The highest BCUT2D eigenvalue weighted by molar-refractivity contribution is 6.34. The number of hydrogen-bond acceptors (Lipinski definition) is 5. The average molecular weight is 637 g/mol. The van der Waals surface area contributed by atoms with Gasteiger partial charge in [0.05, 0.1) is 21.1 Å². The zero-order valence-corrected chi connectivity index (χ0v) is 24.7. The van der Waals surface area contributed by atoms with Gasteiger partial charge in [0.1, 0.15) is 18.4 Å². The van der Waals surface area contributed by atoms with Gasteiger partial charge < -0.3 is 21.3 Å². The smallest absolute Gasteiger partial charge is 0.269 e. The lowest BCUT2D eigenvalue weighted by molar-refractivity contribution is -0.143. The topological polar surface area (TPSA) is 139 Å². The van der Waals surface area contributed by atoms with Crippen molar-refractivity contribution < 1.29 is 23.6 Å². The molecule has 1 aliphatic carbocycles. The summed E-state index contributed by atoms with van der Waals surface area (Å²) in [6.45, 7) is -0.312. The van der Waals surface area contributed by atoms with Crippen LogP contribution >= 0.6 is 23.2 Å². The summed E-state index contributed by atoms with van der Waals surface area (Å²) in [5.74, 6) is -2.58. The Morgan fingerprint density at radius 1 is 1.00 bits per heavy atom. The van der Waals surface area contributed by atoms with Crippen molar-refractivity contribution in [1.82, 2.24) is 20.0 Å². The zero-order chi connectivity index (χ0) is 31.1. The number of amides is 4. The molecule has 1 aromatic heterocycles. The van der Waals surface area contributed by atoms with Gasteiger partial charge in [-0.05, 0) is 61.6 Å². The van der Waals surface area contributed by atoms with Crippen molar-refractivity contribution in [3.05, 3.63) is 93.3 Å². The predicted molar refractivity (Wildman–Crippen MR) is 163 cm³/mol. The molecule has 0 radical (unpaired) electrons. The summed E-state index contributed by atoms with van der Waals surface area (Å²) in [4.78, 5) is 53.8. The number of hydrogen-bond donors (Lipinski definition) is 3. The third kappa shape index (κ3) is 5.48. The lowest BCUT2D eigenvalue weighted by Crippen LogP contribution is -2.53. The Balaban J connectivity index is 1.22. The molecule has 226 valence electrons. The second-order valence-corrected chi connectivity index (χ2v) is 11.8. The number of aromatic nitrogens is 2. The fourth-order valence-corrected chi connectivity index (χ4v) is 6.69. The number of benzene rings is 3. The number of primary amides is 1. The fourth-order valence-electron chi connectivity index (χ4n) is 6.27. The maximum Gasteiger partial charge on any atom is 0.269 e. The summed E-state index contributed by atoms with van der Waals surface area (Å²) in [5, 5.41) is 10.5. The maximum absolute atomic E-state index is 14.4. The predicted octanol–water partition coefficient (Wildman–Crippen LogP) is 4.53. The van der Waals surface area contributed by atoms with Crippen LogP contribution in [-0.2, 0) is 22.7 Å². The molecule has 4 aromatic rings. The van der Waals surface area contributed by atoms with Gasteiger partial charge in [-0.15, -0.1) is 0 Å². The minimum absolute atomic E-state index is 0.0204. The SMILES string of the molecule is NC(=O)c1nn(CC(=O)N2[C@@H]3CC[C@@H](C3)[C@H]2C(=O)NCc2cccc(Cl)c2F)c2ccc(NC(=O)c3ccccc3Cl)cc12. The Labute approximate surface area is 261 Å². The molecular weight excluding hydrogens is 610 g/mol. The number of carbonyl (C=O) groups excluding carboxylic acids is 4. The molecule has 44 heavy (non-hydrogen) atoms. The molecule has 2 fully saturated rings. The molecule has 13 heteroatoms. The monoisotopic (exact) mass is 636 g/mol. The first-order chi connectivity index (χ1) is 21.1. The molecule has 1 aliphatic heterocycles. The van der Waals surface area contributed by atoms with Crippen LogP contribution in [0.3, 0.4) is 0 Å². The van der Waals surface area contributed by atoms with E-state index in [2.05, 4.69) is 15.7 Å². The molecule has 3 atom stereocenters. The fraction of sp³-hybridized carbons (Fsp3) is 0.258. The molecule has 1 saturated carbocycles. The van der Waals surface area contributed by atoms with E-state index in [1.165, 1.54) is 16.8 Å². The van der Waals surface area contributed by atoms with E-state index in [-0.39, 0.29) is 63.7 Å². The summed E-state index contributed by atoms with van der Waals surface area (Å²) >= 11 is 12.0. The number of nitrogens with two attached hydrogens (primary N) is 1. The third-order valence-electron chi connectivity index (χ3n) is 8.27. The van der Waals surface area contributed by atoms with Gasteiger partial charge >= 0.3 is 0 Å². The highest BCUT2D eigenvalue weighted by Gasteiger charge is 2.51. The average Bonchev–Trinajstić information content (AvgIpc) is 3.71. The van der Waals surface area contributed by atoms with Crippen LogP contribution < -0.4 is 16.4 Å². The van der Waals surface area contributed by atoms with Gasteiger partial charge in [0.15, 0.2) is 5.69 Å². The minimum Gasteiger partial charge on any atom is -0.364 e. The molecule has 10 nitrogen and oxygen atoms in total. The Morgan fingerprint density at radius 3 is 2.55 bits per heavy atom. The van der Waals surface area contributed by atoms with Crippen LogP contribution in [-0.4, -0.2) is 50.4 Å². The van der Waals surface area contributed by atoms with Gasteiger partial charge in [0.25, 0.3) is 11.8 Å². The largest absolute Gasteiger partial charge is 0.364 e. The second-order valence-electron chi connectivity index (χ2n) is 10.9. The van der Waals surface area contributed by atoms with Crippen LogP contribution in [0.2, 0.25) is 10.0 Å². The van der Waals surface area contributed by atoms with E-state index in [0.29, 0.717) is 23.0 Å². The Bertz CT molecular complexity index is 1830. The number of halogens is 3. The van der Waals surface area contributed by atoms with E-state index >= 15 is 0 Å². The van der Waals surface area contributed by atoms with Crippen molar-refractivity contribution in [2.45, 2.75) is 44.4 Å². The number of likely N-dealkylation sites (tertiary alicyclic amines) is 1. The summed E-state index contributed by atoms with van der Waals surface area (Å²) in [5.41, 5.74) is 6.90. The highest BCUT2D eigenvalue weighted by Crippen LogP contribution is 2.43. The van der Waals surface area contributed by atoms with E-state index in [1.807, 2.05) is 0 Å². The molecule has 2 bridgehead atoms. The van der Waals surface area contributed by atoms with Crippen LogP contribution in [0.5, 0.6) is 0 Å². The number of nitrogens with zero attached hydrogens (tertiary/aromatic N) is 3. The first kappa shape index (κ1) is 29.6. The summed E-state index contributed by atoms with van der Waals surface area (Å²) in [6, 6.07) is 15.1. The van der Waals surface area contributed by atoms with Crippen molar-refractivity contribution in [3.63, 3.8) is 0 Å². The molecule has 0 unspecified atom stereocenters. The van der Waals surface area contributed by atoms with E-state index in [0.717, 1.165) is 12.8 Å². The normalized spacial score (nSPS) is 18.9. The molecule has 1 saturated heterocycles. The Hall–Kier alpha value is -4.48. The van der Waals surface area contributed by atoms with Gasteiger partial charge in [-0.3, -0.25) is 23.9 Å². The number of piperidine rings is 1. The zero-order valence-electron chi connectivity index (χ0n) is 23.2. The molecule has 6 rings (SSSR count). The van der Waals surface area contributed by atoms with Gasteiger partial charge in [-0.1, -0.05) is 47.5 Å². The van der Waals surface area contributed by atoms with Crippen molar-refractivity contribution in [3.8, 4) is 0 Å². The molecular formula is C31H27Cl2FN6O4. The van der Waals surface area contributed by atoms with Crippen molar-refractivity contribution in [1.29, 1.82) is 0 Å². The van der Waals surface area contributed by atoms with Crippen LogP contribution in [0.1, 0.15) is 45.7 Å². The number of fused-ring (bicyclic) bond motifs is 3. The second kappa shape index (κ2) is 11.9. The van der Waals surface area contributed by atoms with Gasteiger partial charge in [-0.2, -0.15) is 5.10 Å². The summed E-state index contributed by atoms with van der Waals surface area (Å²) in [6.07, 6.45) is 2.26. The Morgan fingerprint density at radius 2 is 1.77 bits per heavy atom. The van der Waals surface area contributed by atoms with E-state index in [1.54, 1.807) is 53.4 Å². The number of anilines is 1. The van der Waals surface area contributed by atoms with Gasteiger partial charge in [0.2, 0.25) is 11.8 Å². The molecule has 2 aliphatic rings. The molecule has 4 N–H and O–H groups in total. The third-order valence-corrected chi connectivity index (χ3v) is 8.89. The van der Waals surface area contributed by atoms with E-state index in [4.69, 9.17) is 28.9 Å². The lowest BCUT2D eigenvalue weighted by atomic mass is 9.97. The van der Waals surface area contributed by atoms with Crippen LogP contribution in [0.25, 0.3) is 10.9 Å². The molecule has 0 spiro atoms. The number of carbonyl (C=O) groups is 4. The van der Waals surface area contributed by atoms with Gasteiger partial charge in [0, 0.05) is 29.2 Å². The number of nitrogens with one attached hydrogen (secondary N) is 2. The maximum atomic E-state index is 14.4. The van der Waals surface area contributed by atoms with Gasteiger partial charge in [-0.25, -0.2) is 4.39 Å². The van der Waals surface area contributed by atoms with Crippen molar-refractivity contribution in [2.75, 3.05) is 5.32 Å². The highest BCUT2D eigenvalue weighted by atomic mass is 35.5. The summed E-state index contributed by atoms with van der Waals surface area (Å²) in [7, 11) is 0. The van der Waals surface area contributed by atoms with Crippen molar-refractivity contribution >= 4 is 63.4 Å². The Kier molecular flexibility index (Phi) is 8.00. The molecule has 4 amide bonds. The molecule has 3 aromatic carbocycles. The van der Waals surface area contributed by atoms with Crippen LogP contribution in [0, 0.1) is 11.7 Å². The van der Waals surface area contributed by atoms with Crippen molar-refractivity contribution in [2.24, 2.45) is 11.7 Å². The first-order valence-electron chi connectivity index (χ1n) is 14.0. The van der Waals surface area contributed by atoms with Crippen LogP contribution in [0.15, 0.2) is 60.7 Å². The summed E-state index contributed by atoms with van der Waals surface area (Å²) < 4.78 is 15.8. The minimum atomic E-state index is -0.804. The quantitative estimate of drug-likeness (QED) is 0.261. The lowest BCUT2D eigenvalue weighted by Gasteiger charge is -2.34. The first-order valence-corrected chi connectivity index (χ1v) is 14.8. The van der Waals surface area contributed by atoms with E-state index in [9.17, 15) is 23.6 Å². The number of rotatable bonds is 8. The van der Waals surface area contributed by atoms with Crippen LogP contribution in [0.4, 0.5) is 10.1 Å². The van der Waals surface area contributed by atoms with E-state index < -0.39 is 23.7 Å². The standard InChI is InChI=1S/C31H27Cl2FN6O4/c32-22-6-2-1-5-20(22)30(43)37-18-9-11-24-21(13-18)27(29(35)42)38-39(24)15-25(41)40-19-10-8-16(12-19)28(40)31(44)36-14-17-4-3-7-23(33)26(17)34/h1-7,9,11,13,16,19,28H,8,10,12,14-15H2,(H2,35,42)(H,36,44)(H,37,43)/t16-,19+,28-/m0/s1. The molecule has 2 heterocycles.